The first kappa shape index (κ1) is 27.7. The number of hydrogen-bond acceptors (Lipinski definition) is 8. The molecule has 0 heterocycles. The molecule has 8 heteroatoms. The molecular formula is C28H28O8. The Kier molecular flexibility index (Phi) is 10.7. The minimum absolute atomic E-state index is 0.0451. The van der Waals surface area contributed by atoms with Gasteiger partial charge in [0.15, 0.2) is 0 Å². The Morgan fingerprint density at radius 3 is 2.17 bits per heavy atom. The van der Waals surface area contributed by atoms with Gasteiger partial charge < -0.3 is 23.7 Å². The van der Waals surface area contributed by atoms with Gasteiger partial charge in [0.1, 0.15) is 43.0 Å². The maximum Gasteiger partial charge on any atom is 0.338 e. The van der Waals surface area contributed by atoms with Gasteiger partial charge in [-0.2, -0.15) is 0 Å². The van der Waals surface area contributed by atoms with Crippen LogP contribution in [0.1, 0.15) is 20.8 Å². The van der Waals surface area contributed by atoms with Crippen molar-refractivity contribution in [2.75, 3.05) is 13.2 Å². The molecule has 0 aromatic heterocycles. The Balaban J connectivity index is 2.13. The summed E-state index contributed by atoms with van der Waals surface area (Å²) in [7, 11) is 0. The number of allylic oxidation sites excluding steroid dienone is 1. The zero-order chi connectivity index (χ0) is 26.5. The lowest BCUT2D eigenvalue weighted by atomic mass is 10.0. The van der Waals surface area contributed by atoms with E-state index >= 15 is 0 Å². The van der Waals surface area contributed by atoms with E-state index in [1.807, 2.05) is 0 Å². The highest BCUT2D eigenvalue weighted by molar-refractivity contribution is 5.88. The predicted molar refractivity (Wildman–Crippen MR) is 134 cm³/mol. The standard InChI is InChI=1S/C28H28O8/c1-6-7-26(29)36-25-18-23(33-15-17-35-28(31)20(4)5)12-13-24(25)21-8-10-22(11-9-21)32-14-16-34-27(30)19(2)3/h6-14,16,18H,2,4,15,17H2,1,3,5H3/b7-6+,16-14+. The molecule has 0 bridgehead atoms. The van der Waals surface area contributed by atoms with E-state index in [-0.39, 0.29) is 24.5 Å². The lowest BCUT2D eigenvalue weighted by molar-refractivity contribution is -0.139. The number of carbonyl (C=O) groups is 3. The van der Waals surface area contributed by atoms with E-state index in [1.165, 1.54) is 12.3 Å². The molecule has 2 rings (SSSR count). The summed E-state index contributed by atoms with van der Waals surface area (Å²) in [6, 6.07) is 12.0. The number of esters is 3. The summed E-state index contributed by atoms with van der Waals surface area (Å²) in [5, 5.41) is 0. The highest BCUT2D eigenvalue weighted by Crippen LogP contribution is 2.34. The van der Waals surface area contributed by atoms with Crippen LogP contribution >= 0.6 is 0 Å². The van der Waals surface area contributed by atoms with Gasteiger partial charge in [-0.3, -0.25) is 0 Å². The number of carbonyl (C=O) groups excluding carboxylic acids is 3. The van der Waals surface area contributed by atoms with Crippen LogP contribution in [0.15, 0.2) is 91.4 Å². The topological polar surface area (TPSA) is 97.4 Å². The second-order valence-corrected chi connectivity index (χ2v) is 7.44. The summed E-state index contributed by atoms with van der Waals surface area (Å²) < 4.78 is 26.4. The molecule has 2 aromatic carbocycles. The van der Waals surface area contributed by atoms with Crippen molar-refractivity contribution in [3.63, 3.8) is 0 Å². The van der Waals surface area contributed by atoms with Crippen molar-refractivity contribution >= 4 is 17.9 Å². The quantitative estimate of drug-likeness (QED) is 0.129. The van der Waals surface area contributed by atoms with Gasteiger partial charge in [0.25, 0.3) is 0 Å². The van der Waals surface area contributed by atoms with E-state index < -0.39 is 17.9 Å². The van der Waals surface area contributed by atoms with Gasteiger partial charge in [-0.15, -0.1) is 0 Å². The predicted octanol–water partition coefficient (Wildman–Crippen LogP) is 5.30. The fourth-order valence-corrected chi connectivity index (χ4v) is 2.62. The van der Waals surface area contributed by atoms with E-state index in [0.29, 0.717) is 22.6 Å². The number of hydrogen-bond donors (Lipinski definition) is 0. The summed E-state index contributed by atoms with van der Waals surface area (Å²) in [5.74, 6) is -0.368. The average molecular weight is 493 g/mol. The molecule has 0 aliphatic carbocycles. The number of rotatable bonds is 12. The summed E-state index contributed by atoms with van der Waals surface area (Å²) in [6.07, 6.45) is 5.24. The van der Waals surface area contributed by atoms with Crippen molar-refractivity contribution in [1.82, 2.24) is 0 Å². The Morgan fingerprint density at radius 1 is 0.861 bits per heavy atom. The maximum absolute atomic E-state index is 12.1. The normalized spacial score (nSPS) is 10.6. The van der Waals surface area contributed by atoms with Crippen molar-refractivity contribution in [3.8, 4) is 28.4 Å². The zero-order valence-corrected chi connectivity index (χ0v) is 20.4. The van der Waals surface area contributed by atoms with Crippen LogP contribution in [-0.4, -0.2) is 31.1 Å². The second kappa shape index (κ2) is 14.0. The third-order valence-corrected chi connectivity index (χ3v) is 4.35. The minimum Gasteiger partial charge on any atom is -0.490 e. The van der Waals surface area contributed by atoms with E-state index in [0.717, 1.165) is 11.8 Å². The van der Waals surface area contributed by atoms with Gasteiger partial charge in [-0.25, -0.2) is 14.4 Å². The van der Waals surface area contributed by atoms with E-state index in [9.17, 15) is 14.4 Å². The molecule has 0 radical (unpaired) electrons. The lowest BCUT2D eigenvalue weighted by Gasteiger charge is -2.13. The van der Waals surface area contributed by atoms with Crippen LogP contribution in [0, 0.1) is 0 Å². The van der Waals surface area contributed by atoms with Crippen LogP contribution in [0.2, 0.25) is 0 Å². The van der Waals surface area contributed by atoms with Gasteiger partial charge in [0.05, 0.1) is 0 Å². The molecule has 0 amide bonds. The monoisotopic (exact) mass is 492 g/mol. The lowest BCUT2D eigenvalue weighted by Crippen LogP contribution is -2.12. The fourth-order valence-electron chi connectivity index (χ4n) is 2.62. The van der Waals surface area contributed by atoms with Crippen LogP contribution in [0.25, 0.3) is 11.1 Å². The van der Waals surface area contributed by atoms with E-state index in [1.54, 1.807) is 69.3 Å². The maximum atomic E-state index is 12.1. The molecule has 0 fully saturated rings. The largest absolute Gasteiger partial charge is 0.490 e. The Labute approximate surface area is 210 Å². The summed E-state index contributed by atoms with van der Waals surface area (Å²) in [6.45, 7) is 12.0. The van der Waals surface area contributed by atoms with Crippen molar-refractivity contribution in [3.05, 3.63) is 91.4 Å². The molecule has 0 aliphatic rings. The highest BCUT2D eigenvalue weighted by atomic mass is 16.6. The molecule has 0 N–H and O–H groups in total. The van der Waals surface area contributed by atoms with Crippen molar-refractivity contribution < 1.29 is 38.1 Å². The Hall–Kier alpha value is -4.59. The molecule has 0 spiro atoms. The smallest absolute Gasteiger partial charge is 0.338 e. The molecule has 0 aliphatic heterocycles. The van der Waals surface area contributed by atoms with Gasteiger partial charge >= 0.3 is 17.9 Å². The van der Waals surface area contributed by atoms with Crippen LogP contribution in [0.5, 0.6) is 17.2 Å². The highest BCUT2D eigenvalue weighted by Gasteiger charge is 2.12. The molecule has 2 aromatic rings. The van der Waals surface area contributed by atoms with E-state index in [4.69, 9.17) is 23.7 Å². The molecule has 188 valence electrons. The molecule has 0 unspecified atom stereocenters. The average Bonchev–Trinajstić information content (AvgIpc) is 2.84. The SMILES string of the molecule is C=C(C)C(=O)O/C=C/Oc1ccc(-c2ccc(OCCOC(=O)C(=C)C)cc2OC(=O)/C=C/C)cc1. The Bertz CT molecular complexity index is 1170. The second-order valence-electron chi connectivity index (χ2n) is 7.44. The summed E-state index contributed by atoms with van der Waals surface area (Å²) in [5.41, 5.74) is 1.98. The first-order chi connectivity index (χ1) is 17.2. The van der Waals surface area contributed by atoms with Crippen molar-refractivity contribution in [2.45, 2.75) is 20.8 Å². The first-order valence-electron chi connectivity index (χ1n) is 10.9. The zero-order valence-electron chi connectivity index (χ0n) is 20.4. The minimum atomic E-state index is -0.550. The van der Waals surface area contributed by atoms with Crippen LogP contribution < -0.4 is 14.2 Å². The third kappa shape index (κ3) is 8.98. The van der Waals surface area contributed by atoms with Crippen LogP contribution in [-0.2, 0) is 23.9 Å². The van der Waals surface area contributed by atoms with Crippen LogP contribution in [0.3, 0.4) is 0 Å². The molecule has 36 heavy (non-hydrogen) atoms. The Morgan fingerprint density at radius 2 is 1.53 bits per heavy atom. The molecule has 8 nitrogen and oxygen atoms in total. The molecular weight excluding hydrogens is 464 g/mol. The number of ether oxygens (including phenoxy) is 5. The van der Waals surface area contributed by atoms with Crippen molar-refractivity contribution in [1.29, 1.82) is 0 Å². The van der Waals surface area contributed by atoms with Gasteiger partial charge in [-0.05, 0) is 50.6 Å². The molecule has 0 atom stereocenters. The number of benzene rings is 2. The third-order valence-electron chi connectivity index (χ3n) is 4.35. The van der Waals surface area contributed by atoms with Crippen molar-refractivity contribution in [2.24, 2.45) is 0 Å². The fraction of sp³-hybridized carbons (Fsp3) is 0.179. The van der Waals surface area contributed by atoms with E-state index in [2.05, 4.69) is 13.2 Å². The van der Waals surface area contributed by atoms with Gasteiger partial charge in [0.2, 0.25) is 0 Å². The summed E-state index contributed by atoms with van der Waals surface area (Å²) >= 11 is 0. The summed E-state index contributed by atoms with van der Waals surface area (Å²) in [4.78, 5) is 34.9. The molecule has 0 saturated heterocycles. The van der Waals surface area contributed by atoms with Crippen LogP contribution in [0.4, 0.5) is 0 Å². The first-order valence-corrected chi connectivity index (χ1v) is 10.9. The van der Waals surface area contributed by atoms with Gasteiger partial charge in [-0.1, -0.05) is 31.4 Å². The van der Waals surface area contributed by atoms with Gasteiger partial charge in [0, 0.05) is 28.9 Å². The molecule has 0 saturated carbocycles.